The molecule has 0 aliphatic carbocycles. The Morgan fingerprint density at radius 2 is 1.81 bits per heavy atom. The lowest BCUT2D eigenvalue weighted by Gasteiger charge is -2.15. The van der Waals surface area contributed by atoms with Gasteiger partial charge in [-0.25, -0.2) is 13.8 Å². The molecule has 1 atom stereocenters. The number of nitro benzene ring substituents is 1. The van der Waals surface area contributed by atoms with E-state index in [2.05, 4.69) is 15.2 Å². The van der Waals surface area contributed by atoms with Gasteiger partial charge in [0.15, 0.2) is 5.16 Å². The molecule has 3 aromatic carbocycles. The Morgan fingerprint density at radius 1 is 1.06 bits per heavy atom. The first kappa shape index (κ1) is 23.3. The van der Waals surface area contributed by atoms with Crippen molar-refractivity contribution in [3.63, 3.8) is 0 Å². The standard InChI is InChI=1S/C24H15F2N5O4S/c1-13(21-28-29-22(35-21)14-6-9-16(10-7-14)31(33)34)36-24-27-19-5-3-2-4-17(19)23(32)30(24)20-11-8-15(25)12-18(20)26/h2-13H,1H3/t13-/m1/s1. The summed E-state index contributed by atoms with van der Waals surface area (Å²) in [7, 11) is 0. The van der Waals surface area contributed by atoms with Gasteiger partial charge in [0.25, 0.3) is 11.2 Å². The van der Waals surface area contributed by atoms with Gasteiger partial charge >= 0.3 is 0 Å². The number of halogens is 2. The highest BCUT2D eigenvalue weighted by Gasteiger charge is 2.22. The molecule has 2 aromatic heterocycles. The van der Waals surface area contributed by atoms with Crippen LogP contribution < -0.4 is 5.56 Å². The van der Waals surface area contributed by atoms with Gasteiger partial charge in [-0.15, -0.1) is 10.2 Å². The molecule has 0 spiro atoms. The van der Waals surface area contributed by atoms with Gasteiger partial charge in [-0.3, -0.25) is 19.5 Å². The van der Waals surface area contributed by atoms with Crippen molar-refractivity contribution in [2.24, 2.45) is 0 Å². The molecule has 0 aliphatic heterocycles. The molecule has 12 heteroatoms. The fraction of sp³-hybridized carbons (Fsp3) is 0.0833. The number of hydrogen-bond acceptors (Lipinski definition) is 8. The molecule has 0 bridgehead atoms. The Morgan fingerprint density at radius 3 is 2.53 bits per heavy atom. The lowest BCUT2D eigenvalue weighted by atomic mass is 10.2. The van der Waals surface area contributed by atoms with E-state index in [-0.39, 0.29) is 33.7 Å². The Bertz CT molecular complexity index is 1670. The van der Waals surface area contributed by atoms with Crippen molar-refractivity contribution in [1.29, 1.82) is 0 Å². The largest absolute Gasteiger partial charge is 0.419 e. The maximum atomic E-state index is 14.7. The number of thioether (sulfide) groups is 1. The number of rotatable bonds is 6. The zero-order chi connectivity index (χ0) is 25.4. The third-order valence-corrected chi connectivity index (χ3v) is 6.33. The summed E-state index contributed by atoms with van der Waals surface area (Å²) in [4.78, 5) is 28.2. The molecular formula is C24H15F2N5O4S. The van der Waals surface area contributed by atoms with E-state index in [0.29, 0.717) is 17.1 Å². The minimum Gasteiger partial charge on any atom is -0.419 e. The number of aromatic nitrogens is 4. The summed E-state index contributed by atoms with van der Waals surface area (Å²) in [6.45, 7) is 1.74. The predicted octanol–water partition coefficient (Wildman–Crippen LogP) is 5.48. The van der Waals surface area contributed by atoms with Crippen molar-refractivity contribution in [1.82, 2.24) is 19.7 Å². The number of nitro groups is 1. The van der Waals surface area contributed by atoms with E-state index in [1.807, 2.05) is 0 Å². The molecular weight excluding hydrogens is 492 g/mol. The molecule has 180 valence electrons. The highest BCUT2D eigenvalue weighted by atomic mass is 32.2. The average Bonchev–Trinajstić information content (AvgIpc) is 3.36. The van der Waals surface area contributed by atoms with Crippen LogP contribution in [0.4, 0.5) is 14.5 Å². The fourth-order valence-corrected chi connectivity index (χ4v) is 4.47. The van der Waals surface area contributed by atoms with Crippen molar-refractivity contribution in [3.8, 4) is 17.1 Å². The number of para-hydroxylation sites is 1. The van der Waals surface area contributed by atoms with Gasteiger partial charge in [-0.1, -0.05) is 23.9 Å². The minimum atomic E-state index is -0.915. The van der Waals surface area contributed by atoms with Gasteiger partial charge in [-0.2, -0.15) is 0 Å². The molecule has 0 N–H and O–H groups in total. The van der Waals surface area contributed by atoms with Crippen LogP contribution in [-0.4, -0.2) is 24.7 Å². The minimum absolute atomic E-state index is 0.0733. The lowest BCUT2D eigenvalue weighted by molar-refractivity contribution is -0.384. The van der Waals surface area contributed by atoms with E-state index in [1.165, 1.54) is 30.3 Å². The van der Waals surface area contributed by atoms with Gasteiger partial charge in [0.1, 0.15) is 11.6 Å². The van der Waals surface area contributed by atoms with E-state index < -0.39 is 27.4 Å². The number of non-ortho nitro benzene ring substituents is 1. The van der Waals surface area contributed by atoms with Crippen LogP contribution in [0.25, 0.3) is 28.0 Å². The maximum absolute atomic E-state index is 14.7. The maximum Gasteiger partial charge on any atom is 0.269 e. The number of benzene rings is 3. The molecule has 0 unspecified atom stereocenters. The number of fused-ring (bicyclic) bond motifs is 1. The van der Waals surface area contributed by atoms with Crippen LogP contribution >= 0.6 is 11.8 Å². The molecule has 0 saturated carbocycles. The van der Waals surface area contributed by atoms with Crippen LogP contribution in [0, 0.1) is 21.7 Å². The Balaban J connectivity index is 1.53. The van der Waals surface area contributed by atoms with Gasteiger partial charge in [0.05, 0.1) is 26.8 Å². The summed E-state index contributed by atoms with van der Waals surface area (Å²) >= 11 is 1.08. The van der Waals surface area contributed by atoms with Gasteiger partial charge in [-0.05, 0) is 43.3 Å². The SMILES string of the molecule is C[C@@H](Sc1nc2ccccc2c(=O)n1-c1ccc(F)cc1F)c1nnc(-c2ccc([N+](=O)[O-])cc2)o1. The summed E-state index contributed by atoms with van der Waals surface area (Å²) in [5.74, 6) is -1.34. The molecule has 0 amide bonds. The quantitative estimate of drug-likeness (QED) is 0.128. The Hall–Kier alpha value is -4.45. The van der Waals surface area contributed by atoms with E-state index >= 15 is 0 Å². The van der Waals surface area contributed by atoms with Crippen molar-refractivity contribution >= 4 is 28.4 Å². The topological polar surface area (TPSA) is 117 Å². The summed E-state index contributed by atoms with van der Waals surface area (Å²) in [6.07, 6.45) is 0. The molecule has 0 fully saturated rings. The van der Waals surface area contributed by atoms with E-state index in [9.17, 15) is 23.7 Å². The molecule has 0 saturated heterocycles. The van der Waals surface area contributed by atoms with Crippen LogP contribution in [0.5, 0.6) is 0 Å². The number of nitrogens with zero attached hydrogens (tertiary/aromatic N) is 5. The zero-order valence-electron chi connectivity index (χ0n) is 18.5. The first-order valence-corrected chi connectivity index (χ1v) is 11.4. The molecule has 0 radical (unpaired) electrons. The fourth-order valence-electron chi connectivity index (χ4n) is 3.52. The first-order chi connectivity index (χ1) is 17.3. The Kier molecular flexibility index (Phi) is 6.02. The highest BCUT2D eigenvalue weighted by molar-refractivity contribution is 7.99. The van der Waals surface area contributed by atoms with Crippen molar-refractivity contribution < 1.29 is 18.1 Å². The molecule has 5 rings (SSSR count). The summed E-state index contributed by atoms with van der Waals surface area (Å²) in [5, 5.41) is 18.8. The van der Waals surface area contributed by atoms with Gasteiger partial charge in [0, 0.05) is 23.8 Å². The summed E-state index contributed by atoms with van der Waals surface area (Å²) in [6, 6.07) is 15.2. The van der Waals surface area contributed by atoms with Crippen molar-refractivity contribution in [3.05, 3.63) is 105 Å². The third-order valence-electron chi connectivity index (χ3n) is 5.29. The lowest BCUT2D eigenvalue weighted by Crippen LogP contribution is -2.23. The van der Waals surface area contributed by atoms with E-state index in [4.69, 9.17) is 4.42 Å². The average molecular weight is 507 g/mol. The first-order valence-electron chi connectivity index (χ1n) is 10.5. The molecule has 0 aliphatic rings. The number of hydrogen-bond donors (Lipinski definition) is 0. The second-order valence-electron chi connectivity index (χ2n) is 7.66. The summed E-state index contributed by atoms with van der Waals surface area (Å²) in [5.41, 5.74) is 0.166. The van der Waals surface area contributed by atoms with Crippen LogP contribution in [0.15, 0.2) is 81.1 Å². The third kappa shape index (κ3) is 4.33. The van der Waals surface area contributed by atoms with E-state index in [0.717, 1.165) is 22.4 Å². The predicted molar refractivity (Wildman–Crippen MR) is 128 cm³/mol. The normalized spacial score (nSPS) is 12.1. The van der Waals surface area contributed by atoms with Crippen molar-refractivity contribution in [2.75, 3.05) is 0 Å². The summed E-state index contributed by atoms with van der Waals surface area (Å²) < 4.78 is 35.1. The molecule has 5 aromatic rings. The van der Waals surface area contributed by atoms with Gasteiger partial charge < -0.3 is 4.42 Å². The van der Waals surface area contributed by atoms with Crippen LogP contribution in [-0.2, 0) is 0 Å². The van der Waals surface area contributed by atoms with Crippen LogP contribution in [0.3, 0.4) is 0 Å². The second kappa shape index (κ2) is 9.30. The monoisotopic (exact) mass is 507 g/mol. The van der Waals surface area contributed by atoms with E-state index in [1.54, 1.807) is 31.2 Å². The Labute approximate surface area is 205 Å². The smallest absolute Gasteiger partial charge is 0.269 e. The van der Waals surface area contributed by atoms with Gasteiger partial charge in [0.2, 0.25) is 11.8 Å². The molecule has 36 heavy (non-hydrogen) atoms. The zero-order valence-corrected chi connectivity index (χ0v) is 19.3. The van der Waals surface area contributed by atoms with Crippen LogP contribution in [0.1, 0.15) is 18.1 Å². The second-order valence-corrected chi connectivity index (χ2v) is 8.97. The molecule has 9 nitrogen and oxygen atoms in total. The van der Waals surface area contributed by atoms with Crippen molar-refractivity contribution in [2.45, 2.75) is 17.3 Å². The highest BCUT2D eigenvalue weighted by Crippen LogP contribution is 2.35. The van der Waals surface area contributed by atoms with Crippen LogP contribution in [0.2, 0.25) is 0 Å². The molecule has 2 heterocycles.